The standard InChI is InChI=1S/C18H16N2O5/c1-23-11-5-3-10(4-6-11)18(22)20-15-13-8-7-12(24-2)9-14(13)25-16(15)17(19)21/h3-9H,1-2H3,(H2,19,21)(H,20,22). The first-order valence-corrected chi connectivity index (χ1v) is 7.39. The molecule has 0 aliphatic heterocycles. The summed E-state index contributed by atoms with van der Waals surface area (Å²) in [5.74, 6) is -0.102. The predicted octanol–water partition coefficient (Wildman–Crippen LogP) is 2.80. The van der Waals surface area contributed by atoms with Crippen molar-refractivity contribution in [2.24, 2.45) is 5.73 Å². The number of furan rings is 1. The van der Waals surface area contributed by atoms with Crippen molar-refractivity contribution in [2.75, 3.05) is 19.5 Å². The number of fused-ring (bicyclic) bond motifs is 1. The van der Waals surface area contributed by atoms with Crippen LogP contribution in [0.4, 0.5) is 5.69 Å². The summed E-state index contributed by atoms with van der Waals surface area (Å²) in [7, 11) is 3.06. The Morgan fingerprint density at radius 2 is 1.64 bits per heavy atom. The third kappa shape index (κ3) is 3.12. The van der Waals surface area contributed by atoms with E-state index >= 15 is 0 Å². The van der Waals surface area contributed by atoms with Gasteiger partial charge in [0.2, 0.25) is 5.76 Å². The maximum Gasteiger partial charge on any atom is 0.286 e. The molecule has 0 radical (unpaired) electrons. The van der Waals surface area contributed by atoms with Crippen molar-refractivity contribution in [1.82, 2.24) is 0 Å². The molecule has 0 aliphatic rings. The van der Waals surface area contributed by atoms with Gasteiger partial charge in [-0.3, -0.25) is 9.59 Å². The van der Waals surface area contributed by atoms with Gasteiger partial charge in [-0.05, 0) is 36.4 Å². The van der Waals surface area contributed by atoms with E-state index in [2.05, 4.69) is 5.32 Å². The number of anilines is 1. The lowest BCUT2D eigenvalue weighted by Gasteiger charge is -2.06. The third-order valence-corrected chi connectivity index (χ3v) is 3.71. The second-order valence-electron chi connectivity index (χ2n) is 5.22. The first kappa shape index (κ1) is 16.4. The molecule has 1 heterocycles. The molecule has 1 aromatic heterocycles. The van der Waals surface area contributed by atoms with Crippen LogP contribution in [0.1, 0.15) is 20.9 Å². The van der Waals surface area contributed by atoms with Crippen LogP contribution in [0.5, 0.6) is 11.5 Å². The minimum atomic E-state index is -0.778. The van der Waals surface area contributed by atoms with Gasteiger partial charge in [0, 0.05) is 17.0 Å². The van der Waals surface area contributed by atoms with Gasteiger partial charge in [0.05, 0.1) is 14.2 Å². The Kier molecular flexibility index (Phi) is 4.30. The number of nitrogens with two attached hydrogens (primary N) is 1. The van der Waals surface area contributed by atoms with Gasteiger partial charge in [-0.2, -0.15) is 0 Å². The largest absolute Gasteiger partial charge is 0.497 e. The number of nitrogens with one attached hydrogen (secondary N) is 1. The molecular weight excluding hydrogens is 324 g/mol. The van der Waals surface area contributed by atoms with E-state index in [1.54, 1.807) is 49.6 Å². The zero-order valence-corrected chi connectivity index (χ0v) is 13.7. The highest BCUT2D eigenvalue weighted by Gasteiger charge is 2.21. The van der Waals surface area contributed by atoms with Crippen molar-refractivity contribution in [3.8, 4) is 11.5 Å². The van der Waals surface area contributed by atoms with Crippen molar-refractivity contribution in [2.45, 2.75) is 0 Å². The van der Waals surface area contributed by atoms with Crippen LogP contribution in [0.2, 0.25) is 0 Å². The lowest BCUT2D eigenvalue weighted by molar-refractivity contribution is 0.0977. The lowest BCUT2D eigenvalue weighted by atomic mass is 10.1. The molecule has 2 aromatic carbocycles. The number of methoxy groups -OCH3 is 2. The number of benzene rings is 2. The SMILES string of the molecule is COc1ccc(C(=O)Nc2c(C(N)=O)oc3cc(OC)ccc23)cc1. The number of hydrogen-bond donors (Lipinski definition) is 2. The van der Waals surface area contributed by atoms with E-state index in [1.165, 1.54) is 7.11 Å². The Labute approximate surface area is 143 Å². The molecule has 0 aliphatic carbocycles. The molecule has 3 N–H and O–H groups in total. The highest BCUT2D eigenvalue weighted by Crippen LogP contribution is 2.33. The molecular formula is C18H16N2O5. The second-order valence-corrected chi connectivity index (χ2v) is 5.22. The molecule has 7 heteroatoms. The Morgan fingerprint density at radius 3 is 2.24 bits per heavy atom. The summed E-state index contributed by atoms with van der Waals surface area (Å²) in [5, 5.41) is 3.24. The molecule has 2 amide bonds. The molecule has 0 spiro atoms. The molecule has 0 saturated carbocycles. The fourth-order valence-corrected chi connectivity index (χ4v) is 2.43. The van der Waals surface area contributed by atoms with Crippen LogP contribution in [-0.2, 0) is 0 Å². The van der Waals surface area contributed by atoms with E-state index in [0.29, 0.717) is 28.0 Å². The molecule has 0 bridgehead atoms. The maximum absolute atomic E-state index is 12.5. The average molecular weight is 340 g/mol. The molecule has 0 fully saturated rings. The fourth-order valence-electron chi connectivity index (χ4n) is 2.43. The predicted molar refractivity (Wildman–Crippen MR) is 92.2 cm³/mol. The van der Waals surface area contributed by atoms with Crippen molar-refractivity contribution in [1.29, 1.82) is 0 Å². The maximum atomic E-state index is 12.5. The molecule has 7 nitrogen and oxygen atoms in total. The van der Waals surface area contributed by atoms with Gasteiger partial charge in [0.1, 0.15) is 22.8 Å². The summed E-state index contributed by atoms with van der Waals surface area (Å²) < 4.78 is 15.7. The van der Waals surface area contributed by atoms with Crippen LogP contribution in [0, 0.1) is 0 Å². The van der Waals surface area contributed by atoms with Crippen LogP contribution < -0.4 is 20.5 Å². The Balaban J connectivity index is 1.99. The number of carbonyl (C=O) groups is 2. The van der Waals surface area contributed by atoms with E-state index in [4.69, 9.17) is 19.6 Å². The van der Waals surface area contributed by atoms with Crippen LogP contribution in [-0.4, -0.2) is 26.0 Å². The first-order valence-electron chi connectivity index (χ1n) is 7.39. The van der Waals surface area contributed by atoms with Crippen molar-refractivity contribution >= 4 is 28.5 Å². The fraction of sp³-hybridized carbons (Fsp3) is 0.111. The monoisotopic (exact) mass is 340 g/mol. The zero-order valence-electron chi connectivity index (χ0n) is 13.7. The number of hydrogen-bond acceptors (Lipinski definition) is 5. The van der Waals surface area contributed by atoms with Crippen LogP contribution >= 0.6 is 0 Å². The van der Waals surface area contributed by atoms with Gasteiger partial charge in [-0.15, -0.1) is 0 Å². The van der Waals surface area contributed by atoms with Gasteiger partial charge in [0.15, 0.2) is 0 Å². The lowest BCUT2D eigenvalue weighted by Crippen LogP contribution is -2.17. The smallest absolute Gasteiger partial charge is 0.286 e. The van der Waals surface area contributed by atoms with Gasteiger partial charge in [-0.1, -0.05) is 0 Å². The van der Waals surface area contributed by atoms with Gasteiger partial charge < -0.3 is 24.9 Å². The van der Waals surface area contributed by atoms with E-state index in [-0.39, 0.29) is 11.4 Å². The first-order chi connectivity index (χ1) is 12.0. The molecule has 128 valence electrons. The minimum Gasteiger partial charge on any atom is -0.497 e. The van der Waals surface area contributed by atoms with Gasteiger partial charge >= 0.3 is 0 Å². The zero-order chi connectivity index (χ0) is 18.0. The van der Waals surface area contributed by atoms with E-state index in [0.717, 1.165) is 0 Å². The number of amides is 2. The van der Waals surface area contributed by atoms with Gasteiger partial charge in [0.25, 0.3) is 11.8 Å². The summed E-state index contributed by atoms with van der Waals surface area (Å²) in [5.41, 5.74) is 6.39. The Morgan fingerprint density at radius 1 is 1.00 bits per heavy atom. The van der Waals surface area contributed by atoms with Crippen LogP contribution in [0.25, 0.3) is 11.0 Å². The third-order valence-electron chi connectivity index (χ3n) is 3.71. The second kappa shape index (κ2) is 6.56. The average Bonchev–Trinajstić information content (AvgIpc) is 2.99. The molecule has 3 rings (SSSR count). The van der Waals surface area contributed by atoms with Crippen LogP contribution in [0.3, 0.4) is 0 Å². The molecule has 0 atom stereocenters. The van der Waals surface area contributed by atoms with Crippen molar-refractivity contribution < 1.29 is 23.5 Å². The normalized spacial score (nSPS) is 10.5. The summed E-state index contributed by atoms with van der Waals surface area (Å²) in [6, 6.07) is 11.6. The molecule has 0 unspecified atom stereocenters. The summed E-state index contributed by atoms with van der Waals surface area (Å²) in [6.45, 7) is 0. The van der Waals surface area contributed by atoms with Crippen molar-refractivity contribution in [3.63, 3.8) is 0 Å². The summed E-state index contributed by atoms with van der Waals surface area (Å²) >= 11 is 0. The van der Waals surface area contributed by atoms with Gasteiger partial charge in [-0.25, -0.2) is 0 Å². The molecule has 0 saturated heterocycles. The molecule has 25 heavy (non-hydrogen) atoms. The Bertz CT molecular complexity index is 944. The van der Waals surface area contributed by atoms with E-state index in [1.807, 2.05) is 0 Å². The quantitative estimate of drug-likeness (QED) is 0.743. The van der Waals surface area contributed by atoms with Crippen molar-refractivity contribution in [3.05, 3.63) is 53.8 Å². The van der Waals surface area contributed by atoms with E-state index in [9.17, 15) is 9.59 Å². The number of ether oxygens (including phenoxy) is 2. The molecule has 3 aromatic rings. The highest BCUT2D eigenvalue weighted by molar-refractivity contribution is 6.14. The van der Waals surface area contributed by atoms with Crippen LogP contribution in [0.15, 0.2) is 46.9 Å². The van der Waals surface area contributed by atoms with E-state index < -0.39 is 11.8 Å². The topological polar surface area (TPSA) is 104 Å². The Hall–Kier alpha value is -3.48. The minimum absolute atomic E-state index is 0.120. The highest BCUT2D eigenvalue weighted by atomic mass is 16.5. The number of rotatable bonds is 5. The summed E-state index contributed by atoms with van der Waals surface area (Å²) in [4.78, 5) is 24.2. The summed E-state index contributed by atoms with van der Waals surface area (Å²) in [6.07, 6.45) is 0. The number of carbonyl (C=O) groups excluding carboxylic acids is 2. The number of primary amides is 1.